The summed E-state index contributed by atoms with van der Waals surface area (Å²) in [4.78, 5) is 7.42. The summed E-state index contributed by atoms with van der Waals surface area (Å²) in [6.45, 7) is 0. The molecule has 0 radical (unpaired) electrons. The summed E-state index contributed by atoms with van der Waals surface area (Å²) in [7, 11) is 0. The van der Waals surface area contributed by atoms with Crippen LogP contribution in [0.4, 0.5) is 0 Å². The SMILES string of the molecule is ICc1nncc2cnc3[nH]ccc3c12. The van der Waals surface area contributed by atoms with E-state index in [0.717, 1.165) is 31.9 Å². The highest BCUT2D eigenvalue weighted by Gasteiger charge is 2.07. The Bertz CT molecular complexity index is 631. The van der Waals surface area contributed by atoms with Crippen LogP contribution in [0, 0.1) is 0 Å². The number of nitrogens with one attached hydrogen (secondary N) is 1. The lowest BCUT2D eigenvalue weighted by atomic mass is 10.1. The molecule has 3 aromatic rings. The van der Waals surface area contributed by atoms with Crippen molar-refractivity contribution in [1.29, 1.82) is 0 Å². The molecule has 0 aliphatic rings. The predicted octanol–water partition coefficient (Wildman–Crippen LogP) is 2.44. The van der Waals surface area contributed by atoms with E-state index in [0.29, 0.717) is 0 Å². The van der Waals surface area contributed by atoms with E-state index in [-0.39, 0.29) is 0 Å². The maximum atomic E-state index is 4.32. The Hall–Kier alpha value is -1.24. The van der Waals surface area contributed by atoms with E-state index in [1.807, 2.05) is 18.5 Å². The Labute approximate surface area is 99.3 Å². The van der Waals surface area contributed by atoms with Crippen molar-refractivity contribution in [3.63, 3.8) is 0 Å². The van der Waals surface area contributed by atoms with E-state index >= 15 is 0 Å². The third-order valence-electron chi connectivity index (χ3n) is 2.41. The average molecular weight is 310 g/mol. The highest BCUT2D eigenvalue weighted by atomic mass is 127. The molecule has 0 bridgehead atoms. The van der Waals surface area contributed by atoms with Gasteiger partial charge in [0, 0.05) is 33.0 Å². The fourth-order valence-corrected chi connectivity index (χ4v) is 2.28. The molecule has 5 heteroatoms. The number of pyridine rings is 1. The number of hydrogen-bond donors (Lipinski definition) is 1. The van der Waals surface area contributed by atoms with Gasteiger partial charge in [0.1, 0.15) is 5.65 Å². The fraction of sp³-hybridized carbons (Fsp3) is 0.100. The van der Waals surface area contributed by atoms with Gasteiger partial charge in [0.15, 0.2) is 0 Å². The van der Waals surface area contributed by atoms with Crippen molar-refractivity contribution in [3.8, 4) is 0 Å². The highest BCUT2D eigenvalue weighted by Crippen LogP contribution is 2.25. The second-order valence-electron chi connectivity index (χ2n) is 3.25. The number of nitrogens with zero attached hydrogens (tertiary/aromatic N) is 3. The van der Waals surface area contributed by atoms with Gasteiger partial charge in [-0.25, -0.2) is 4.98 Å². The van der Waals surface area contributed by atoms with Gasteiger partial charge in [0.05, 0.1) is 11.9 Å². The van der Waals surface area contributed by atoms with E-state index < -0.39 is 0 Å². The Kier molecular flexibility index (Phi) is 2.05. The van der Waals surface area contributed by atoms with Gasteiger partial charge in [-0.1, -0.05) is 22.6 Å². The molecular weight excluding hydrogens is 303 g/mol. The second kappa shape index (κ2) is 3.41. The molecule has 15 heavy (non-hydrogen) atoms. The lowest BCUT2D eigenvalue weighted by molar-refractivity contribution is 1.000. The lowest BCUT2D eigenvalue weighted by Crippen LogP contribution is -1.92. The molecule has 0 saturated heterocycles. The molecule has 3 rings (SSSR count). The number of halogens is 1. The Morgan fingerprint density at radius 1 is 1.33 bits per heavy atom. The third kappa shape index (κ3) is 1.30. The van der Waals surface area contributed by atoms with Crippen LogP contribution in [0.3, 0.4) is 0 Å². The van der Waals surface area contributed by atoms with Crippen molar-refractivity contribution in [1.82, 2.24) is 20.2 Å². The van der Waals surface area contributed by atoms with E-state index in [1.54, 1.807) is 6.20 Å². The van der Waals surface area contributed by atoms with Crippen molar-refractivity contribution in [2.24, 2.45) is 0 Å². The van der Waals surface area contributed by atoms with Crippen LogP contribution < -0.4 is 0 Å². The van der Waals surface area contributed by atoms with Gasteiger partial charge in [-0.15, -0.1) is 0 Å². The van der Waals surface area contributed by atoms with Crippen LogP contribution >= 0.6 is 22.6 Å². The Morgan fingerprint density at radius 3 is 3.13 bits per heavy atom. The van der Waals surface area contributed by atoms with Crippen LogP contribution in [0.15, 0.2) is 24.7 Å². The van der Waals surface area contributed by atoms with Crippen LogP contribution in [-0.4, -0.2) is 20.2 Å². The van der Waals surface area contributed by atoms with Crippen molar-refractivity contribution in [3.05, 3.63) is 30.4 Å². The van der Waals surface area contributed by atoms with Gasteiger partial charge in [0.25, 0.3) is 0 Å². The molecule has 0 aromatic carbocycles. The van der Waals surface area contributed by atoms with Crippen molar-refractivity contribution in [2.45, 2.75) is 4.43 Å². The zero-order chi connectivity index (χ0) is 10.3. The van der Waals surface area contributed by atoms with E-state index in [4.69, 9.17) is 0 Å². The number of H-pyrrole nitrogens is 1. The van der Waals surface area contributed by atoms with E-state index in [9.17, 15) is 0 Å². The lowest BCUT2D eigenvalue weighted by Gasteiger charge is -2.02. The van der Waals surface area contributed by atoms with Crippen molar-refractivity contribution < 1.29 is 0 Å². The van der Waals surface area contributed by atoms with Gasteiger partial charge in [-0.05, 0) is 6.07 Å². The van der Waals surface area contributed by atoms with Gasteiger partial charge in [-0.2, -0.15) is 10.2 Å². The molecule has 0 amide bonds. The van der Waals surface area contributed by atoms with Crippen LogP contribution in [0.1, 0.15) is 5.69 Å². The maximum absolute atomic E-state index is 4.32. The standard InChI is InChI=1S/C10H7IN4/c11-3-8-9-6(5-14-15-8)4-13-10-7(9)1-2-12-10/h1-2,4-5H,3H2,(H,12,13). The first-order chi connectivity index (χ1) is 7.40. The molecule has 0 aliphatic carbocycles. The first-order valence-electron chi connectivity index (χ1n) is 4.52. The summed E-state index contributed by atoms with van der Waals surface area (Å²) in [5, 5.41) is 11.4. The minimum absolute atomic E-state index is 0.854. The minimum atomic E-state index is 0.854. The molecule has 0 atom stereocenters. The maximum Gasteiger partial charge on any atom is 0.137 e. The normalized spacial score (nSPS) is 11.3. The first kappa shape index (κ1) is 9.02. The summed E-state index contributed by atoms with van der Waals surface area (Å²) >= 11 is 2.30. The van der Waals surface area contributed by atoms with Crippen LogP contribution in [0.2, 0.25) is 0 Å². The van der Waals surface area contributed by atoms with Crippen LogP contribution in [0.25, 0.3) is 21.8 Å². The van der Waals surface area contributed by atoms with Crippen molar-refractivity contribution >= 4 is 44.4 Å². The zero-order valence-corrected chi connectivity index (χ0v) is 9.89. The molecular formula is C10H7IN4. The summed E-state index contributed by atoms with van der Waals surface area (Å²) < 4.78 is 0.854. The predicted molar refractivity (Wildman–Crippen MR) is 66.9 cm³/mol. The smallest absolute Gasteiger partial charge is 0.137 e. The highest BCUT2D eigenvalue weighted by molar-refractivity contribution is 14.1. The van der Waals surface area contributed by atoms with Crippen LogP contribution in [-0.2, 0) is 4.43 Å². The molecule has 74 valence electrons. The summed E-state index contributed by atoms with van der Waals surface area (Å²) in [6, 6.07) is 2.03. The molecule has 3 heterocycles. The largest absolute Gasteiger partial charge is 0.346 e. The number of hydrogen-bond acceptors (Lipinski definition) is 3. The van der Waals surface area contributed by atoms with Gasteiger partial charge >= 0.3 is 0 Å². The third-order valence-corrected chi connectivity index (χ3v) is 3.13. The van der Waals surface area contributed by atoms with E-state index in [1.165, 1.54) is 0 Å². The van der Waals surface area contributed by atoms with Crippen LogP contribution in [0.5, 0.6) is 0 Å². The minimum Gasteiger partial charge on any atom is -0.346 e. The fourth-order valence-electron chi connectivity index (χ4n) is 1.75. The second-order valence-corrected chi connectivity index (χ2v) is 4.02. The quantitative estimate of drug-likeness (QED) is 0.555. The Morgan fingerprint density at radius 2 is 2.27 bits per heavy atom. The first-order valence-corrected chi connectivity index (χ1v) is 6.05. The zero-order valence-electron chi connectivity index (χ0n) is 7.74. The van der Waals surface area contributed by atoms with Gasteiger partial charge in [-0.3, -0.25) is 0 Å². The molecule has 1 N–H and O–H groups in total. The van der Waals surface area contributed by atoms with E-state index in [2.05, 4.69) is 42.8 Å². The Balaban J connectivity index is 2.58. The van der Waals surface area contributed by atoms with Gasteiger partial charge < -0.3 is 4.98 Å². The summed E-state index contributed by atoms with van der Waals surface area (Å²) in [6.07, 6.45) is 5.48. The number of aromatic nitrogens is 4. The summed E-state index contributed by atoms with van der Waals surface area (Å²) in [5.74, 6) is 0. The van der Waals surface area contributed by atoms with Crippen molar-refractivity contribution in [2.75, 3.05) is 0 Å². The summed E-state index contributed by atoms with van der Waals surface area (Å²) in [5.41, 5.74) is 1.92. The molecule has 0 saturated carbocycles. The topological polar surface area (TPSA) is 54.5 Å². The number of alkyl halides is 1. The molecule has 4 nitrogen and oxygen atoms in total. The molecule has 3 aromatic heterocycles. The number of rotatable bonds is 1. The van der Waals surface area contributed by atoms with Gasteiger partial charge in [0.2, 0.25) is 0 Å². The number of fused-ring (bicyclic) bond motifs is 3. The molecule has 0 unspecified atom stereocenters. The molecule has 0 spiro atoms. The average Bonchev–Trinajstić information content (AvgIpc) is 2.76. The molecule has 0 aliphatic heterocycles. The monoisotopic (exact) mass is 310 g/mol. The number of aromatic amines is 1. The molecule has 0 fully saturated rings.